The maximum atomic E-state index is 10.9. The Labute approximate surface area is 79.7 Å². The van der Waals surface area contributed by atoms with Crippen LogP contribution in [0.3, 0.4) is 0 Å². The summed E-state index contributed by atoms with van der Waals surface area (Å²) < 4.78 is 0. The van der Waals surface area contributed by atoms with Gasteiger partial charge < -0.3 is 10.0 Å². The van der Waals surface area contributed by atoms with E-state index in [-0.39, 0.29) is 0 Å². The van der Waals surface area contributed by atoms with E-state index in [1.165, 1.54) is 19.3 Å². The van der Waals surface area contributed by atoms with Gasteiger partial charge in [0.15, 0.2) is 0 Å². The monoisotopic (exact) mass is 185 g/mol. The highest BCUT2D eigenvalue weighted by Gasteiger charge is 2.29. The van der Waals surface area contributed by atoms with Crippen molar-refractivity contribution in [3.05, 3.63) is 0 Å². The predicted molar refractivity (Wildman–Crippen MR) is 51.7 cm³/mol. The third kappa shape index (κ3) is 2.99. The molecule has 0 amide bonds. The number of hydrogen-bond acceptors (Lipinski definition) is 2. The van der Waals surface area contributed by atoms with Crippen LogP contribution in [-0.2, 0) is 4.79 Å². The highest BCUT2D eigenvalue weighted by Crippen LogP contribution is 2.19. The molecule has 0 spiro atoms. The van der Waals surface area contributed by atoms with Crippen LogP contribution in [0.15, 0.2) is 0 Å². The van der Waals surface area contributed by atoms with Crippen molar-refractivity contribution >= 4 is 5.97 Å². The molecule has 1 rings (SSSR count). The van der Waals surface area contributed by atoms with Crippen molar-refractivity contribution < 1.29 is 9.90 Å². The van der Waals surface area contributed by atoms with Gasteiger partial charge in [-0.05, 0) is 39.8 Å². The zero-order valence-corrected chi connectivity index (χ0v) is 8.55. The molecule has 1 saturated heterocycles. The molecule has 0 aliphatic carbocycles. The normalized spacial score (nSPS) is 20.2. The number of carboxylic acids is 1. The van der Waals surface area contributed by atoms with E-state index in [0.717, 1.165) is 13.1 Å². The van der Waals surface area contributed by atoms with Gasteiger partial charge in [-0.15, -0.1) is 0 Å². The van der Waals surface area contributed by atoms with Gasteiger partial charge in [-0.3, -0.25) is 4.79 Å². The van der Waals surface area contributed by atoms with Gasteiger partial charge in [0.05, 0.1) is 5.41 Å². The lowest BCUT2D eigenvalue weighted by Crippen LogP contribution is -2.41. The Morgan fingerprint density at radius 3 is 2.31 bits per heavy atom. The van der Waals surface area contributed by atoms with Crippen LogP contribution in [0.1, 0.15) is 33.1 Å². The molecule has 76 valence electrons. The average molecular weight is 185 g/mol. The fourth-order valence-electron chi connectivity index (χ4n) is 1.74. The summed E-state index contributed by atoms with van der Waals surface area (Å²) >= 11 is 0. The molecular weight excluding hydrogens is 166 g/mol. The number of likely N-dealkylation sites (tertiary alicyclic amines) is 1. The molecule has 1 N–H and O–H groups in total. The van der Waals surface area contributed by atoms with Crippen molar-refractivity contribution in [2.75, 3.05) is 19.6 Å². The molecule has 1 aliphatic heterocycles. The van der Waals surface area contributed by atoms with Gasteiger partial charge in [0, 0.05) is 6.54 Å². The van der Waals surface area contributed by atoms with Crippen LogP contribution in [0.2, 0.25) is 0 Å². The highest BCUT2D eigenvalue weighted by atomic mass is 16.4. The summed E-state index contributed by atoms with van der Waals surface area (Å²) in [5.41, 5.74) is -0.600. The third-order valence-corrected chi connectivity index (χ3v) is 2.65. The van der Waals surface area contributed by atoms with Crippen molar-refractivity contribution in [1.82, 2.24) is 4.90 Å². The molecule has 1 fully saturated rings. The SMILES string of the molecule is CC(C)(CN1CCCCC1)C(=O)O. The van der Waals surface area contributed by atoms with E-state index < -0.39 is 11.4 Å². The van der Waals surface area contributed by atoms with Crippen LogP contribution in [0.5, 0.6) is 0 Å². The molecule has 0 radical (unpaired) electrons. The van der Waals surface area contributed by atoms with Gasteiger partial charge in [0.25, 0.3) is 0 Å². The van der Waals surface area contributed by atoms with Gasteiger partial charge in [-0.2, -0.15) is 0 Å². The van der Waals surface area contributed by atoms with E-state index in [0.29, 0.717) is 6.54 Å². The number of carboxylic acid groups (broad SMARTS) is 1. The number of hydrogen-bond donors (Lipinski definition) is 1. The van der Waals surface area contributed by atoms with E-state index in [1.807, 2.05) is 0 Å². The molecule has 0 aromatic heterocycles. The predicted octanol–water partition coefficient (Wildman–Crippen LogP) is 1.58. The van der Waals surface area contributed by atoms with Gasteiger partial charge in [-0.25, -0.2) is 0 Å². The van der Waals surface area contributed by atoms with Crippen molar-refractivity contribution in [3.63, 3.8) is 0 Å². The number of piperidine rings is 1. The maximum absolute atomic E-state index is 10.9. The fraction of sp³-hybridized carbons (Fsp3) is 0.900. The molecule has 0 aromatic rings. The van der Waals surface area contributed by atoms with Crippen LogP contribution in [0, 0.1) is 5.41 Å². The lowest BCUT2D eigenvalue weighted by molar-refractivity contribution is -0.148. The molecule has 0 unspecified atom stereocenters. The van der Waals surface area contributed by atoms with Crippen LogP contribution in [0.4, 0.5) is 0 Å². The average Bonchev–Trinajstić information content (AvgIpc) is 2.05. The minimum Gasteiger partial charge on any atom is -0.481 e. The summed E-state index contributed by atoms with van der Waals surface area (Å²) in [5, 5.41) is 8.95. The first kappa shape index (κ1) is 10.5. The summed E-state index contributed by atoms with van der Waals surface area (Å²) in [6.07, 6.45) is 3.73. The maximum Gasteiger partial charge on any atom is 0.310 e. The highest BCUT2D eigenvalue weighted by molar-refractivity contribution is 5.73. The van der Waals surface area contributed by atoms with Gasteiger partial charge in [0.1, 0.15) is 0 Å². The van der Waals surface area contributed by atoms with Crippen molar-refractivity contribution in [2.45, 2.75) is 33.1 Å². The first-order valence-electron chi connectivity index (χ1n) is 4.98. The second-order valence-electron chi connectivity index (χ2n) is 4.53. The van der Waals surface area contributed by atoms with E-state index in [2.05, 4.69) is 4.90 Å². The van der Waals surface area contributed by atoms with Crippen molar-refractivity contribution in [1.29, 1.82) is 0 Å². The third-order valence-electron chi connectivity index (χ3n) is 2.65. The van der Waals surface area contributed by atoms with Crippen molar-refractivity contribution in [2.24, 2.45) is 5.41 Å². The Morgan fingerprint density at radius 2 is 1.85 bits per heavy atom. The minimum atomic E-state index is -0.696. The molecule has 13 heavy (non-hydrogen) atoms. The molecule has 0 aromatic carbocycles. The molecule has 0 atom stereocenters. The molecule has 3 nitrogen and oxygen atoms in total. The standard InChI is InChI=1S/C10H19NO2/c1-10(2,9(12)13)8-11-6-4-3-5-7-11/h3-8H2,1-2H3,(H,12,13). The lowest BCUT2D eigenvalue weighted by atomic mass is 9.92. The second kappa shape index (κ2) is 4.09. The molecule has 1 aliphatic rings. The topological polar surface area (TPSA) is 40.5 Å². The van der Waals surface area contributed by atoms with E-state index in [9.17, 15) is 4.79 Å². The fourth-order valence-corrected chi connectivity index (χ4v) is 1.74. The summed E-state index contributed by atoms with van der Waals surface area (Å²) in [5.74, 6) is -0.696. The Morgan fingerprint density at radius 1 is 1.31 bits per heavy atom. The largest absolute Gasteiger partial charge is 0.481 e. The van der Waals surface area contributed by atoms with Crippen LogP contribution >= 0.6 is 0 Å². The van der Waals surface area contributed by atoms with E-state index in [1.54, 1.807) is 13.8 Å². The lowest BCUT2D eigenvalue weighted by Gasteiger charge is -2.32. The zero-order chi connectivity index (χ0) is 9.90. The Bertz CT molecular complexity index is 183. The van der Waals surface area contributed by atoms with Gasteiger partial charge in [-0.1, -0.05) is 6.42 Å². The molecule has 0 saturated carbocycles. The van der Waals surface area contributed by atoms with Gasteiger partial charge in [0.2, 0.25) is 0 Å². The summed E-state index contributed by atoms with van der Waals surface area (Å²) in [7, 11) is 0. The number of rotatable bonds is 3. The smallest absolute Gasteiger partial charge is 0.310 e. The number of nitrogens with zero attached hydrogens (tertiary/aromatic N) is 1. The Balaban J connectivity index is 2.41. The van der Waals surface area contributed by atoms with Gasteiger partial charge >= 0.3 is 5.97 Å². The van der Waals surface area contributed by atoms with E-state index >= 15 is 0 Å². The molecule has 0 bridgehead atoms. The molecule has 1 heterocycles. The summed E-state index contributed by atoms with van der Waals surface area (Å²) in [4.78, 5) is 13.1. The number of aliphatic carboxylic acids is 1. The Kier molecular flexibility index (Phi) is 3.31. The molecule has 3 heteroatoms. The van der Waals surface area contributed by atoms with E-state index in [4.69, 9.17) is 5.11 Å². The first-order valence-corrected chi connectivity index (χ1v) is 4.98. The van der Waals surface area contributed by atoms with Crippen LogP contribution in [0.25, 0.3) is 0 Å². The first-order chi connectivity index (χ1) is 6.02. The number of carbonyl (C=O) groups is 1. The van der Waals surface area contributed by atoms with Crippen LogP contribution < -0.4 is 0 Å². The van der Waals surface area contributed by atoms with Crippen molar-refractivity contribution in [3.8, 4) is 0 Å². The summed E-state index contributed by atoms with van der Waals surface area (Å²) in [6, 6.07) is 0. The quantitative estimate of drug-likeness (QED) is 0.725. The molecular formula is C10H19NO2. The minimum absolute atomic E-state index is 0.600. The zero-order valence-electron chi connectivity index (χ0n) is 8.55. The Hall–Kier alpha value is -0.570. The second-order valence-corrected chi connectivity index (χ2v) is 4.53. The van der Waals surface area contributed by atoms with Crippen LogP contribution in [-0.4, -0.2) is 35.6 Å². The summed E-state index contributed by atoms with van der Waals surface area (Å²) in [6.45, 7) is 6.41.